The van der Waals surface area contributed by atoms with Gasteiger partial charge in [-0.3, -0.25) is 10.1 Å². The Morgan fingerprint density at radius 1 is 1.12 bits per heavy atom. The third-order valence-corrected chi connectivity index (χ3v) is 3.30. The van der Waals surface area contributed by atoms with Gasteiger partial charge < -0.3 is 15.4 Å². The lowest BCUT2D eigenvalue weighted by atomic mass is 10.1. The minimum atomic E-state index is -4.77. The lowest BCUT2D eigenvalue weighted by Gasteiger charge is -2.16. The quantitative estimate of drug-likeness (QED) is 0.604. The molecule has 26 heavy (non-hydrogen) atoms. The van der Waals surface area contributed by atoms with Crippen molar-refractivity contribution in [2.75, 3.05) is 5.32 Å². The summed E-state index contributed by atoms with van der Waals surface area (Å²) in [6, 6.07) is 9.30. The van der Waals surface area contributed by atoms with Crippen LogP contribution in [0.4, 0.5) is 29.3 Å². The number of carbonyl (C=O) groups excluding carboxylic acids is 1. The largest absolute Gasteiger partial charge is 0.573 e. The van der Waals surface area contributed by atoms with Crippen molar-refractivity contribution in [2.24, 2.45) is 0 Å². The van der Waals surface area contributed by atoms with E-state index in [0.717, 1.165) is 12.1 Å². The van der Waals surface area contributed by atoms with Gasteiger partial charge >= 0.3 is 12.4 Å². The average molecular weight is 369 g/mol. The molecule has 2 aromatic rings. The number of ether oxygens (including phenoxy) is 1. The van der Waals surface area contributed by atoms with Gasteiger partial charge in [-0.2, -0.15) is 0 Å². The predicted octanol–water partition coefficient (Wildman–Crippen LogP) is 4.38. The maximum Gasteiger partial charge on any atom is 0.573 e. The molecule has 0 fully saturated rings. The number of urea groups is 1. The van der Waals surface area contributed by atoms with E-state index in [-0.39, 0.29) is 11.4 Å². The molecule has 7 nitrogen and oxygen atoms in total. The summed E-state index contributed by atoms with van der Waals surface area (Å²) in [5.41, 5.74) is 0.818. The van der Waals surface area contributed by atoms with Crippen molar-refractivity contribution < 1.29 is 27.6 Å². The van der Waals surface area contributed by atoms with Crippen LogP contribution in [0.3, 0.4) is 0 Å². The number of rotatable bonds is 5. The van der Waals surface area contributed by atoms with Crippen molar-refractivity contribution in [3.63, 3.8) is 0 Å². The van der Waals surface area contributed by atoms with E-state index in [1.54, 1.807) is 6.92 Å². The molecule has 0 aromatic heterocycles. The third kappa shape index (κ3) is 5.65. The fraction of sp³-hybridized carbons (Fsp3) is 0.188. The molecule has 0 aliphatic heterocycles. The second-order valence-corrected chi connectivity index (χ2v) is 5.24. The average Bonchev–Trinajstić information content (AvgIpc) is 2.54. The van der Waals surface area contributed by atoms with Gasteiger partial charge in [0.2, 0.25) is 0 Å². The maximum atomic E-state index is 12.1. The molecule has 0 aliphatic carbocycles. The number of amides is 2. The van der Waals surface area contributed by atoms with Crippen LogP contribution in [0.25, 0.3) is 0 Å². The molecule has 0 radical (unpaired) electrons. The van der Waals surface area contributed by atoms with E-state index >= 15 is 0 Å². The van der Waals surface area contributed by atoms with Gasteiger partial charge in [0.15, 0.2) is 0 Å². The molecule has 0 heterocycles. The molecule has 0 aliphatic rings. The Hall–Kier alpha value is -3.30. The van der Waals surface area contributed by atoms with Crippen LogP contribution in [-0.2, 0) is 0 Å². The first-order valence-corrected chi connectivity index (χ1v) is 7.32. The van der Waals surface area contributed by atoms with Crippen molar-refractivity contribution in [3.8, 4) is 5.75 Å². The number of hydrogen-bond acceptors (Lipinski definition) is 4. The summed E-state index contributed by atoms with van der Waals surface area (Å²) in [5.74, 6) is -0.358. The van der Waals surface area contributed by atoms with Crippen LogP contribution in [0.15, 0.2) is 48.5 Å². The second kappa shape index (κ2) is 7.72. The number of halogens is 3. The van der Waals surface area contributed by atoms with Crippen molar-refractivity contribution in [3.05, 3.63) is 64.2 Å². The van der Waals surface area contributed by atoms with E-state index in [2.05, 4.69) is 15.4 Å². The Balaban J connectivity index is 1.92. The number of nitrogens with one attached hydrogen (secondary N) is 2. The highest BCUT2D eigenvalue weighted by Gasteiger charge is 2.31. The minimum absolute atomic E-state index is 0.106. The minimum Gasteiger partial charge on any atom is -0.406 e. The first-order valence-electron chi connectivity index (χ1n) is 7.32. The second-order valence-electron chi connectivity index (χ2n) is 5.24. The fourth-order valence-electron chi connectivity index (χ4n) is 2.07. The summed E-state index contributed by atoms with van der Waals surface area (Å²) in [4.78, 5) is 22.0. The molecule has 2 aromatic carbocycles. The Bertz CT molecular complexity index is 777. The van der Waals surface area contributed by atoms with Crippen molar-refractivity contribution >= 4 is 17.4 Å². The number of carbonyl (C=O) groups is 1. The van der Waals surface area contributed by atoms with Crippen LogP contribution in [0.5, 0.6) is 5.75 Å². The summed E-state index contributed by atoms with van der Waals surface area (Å²) in [6.07, 6.45) is -4.77. The van der Waals surface area contributed by atoms with Gasteiger partial charge in [-0.25, -0.2) is 4.79 Å². The molecule has 2 N–H and O–H groups in total. The standard InChI is InChI=1S/C16H14F3N3O4/c1-10(11-2-8-14(9-3-11)26-16(17,18)19)20-15(23)21-12-4-6-13(7-5-12)22(24)25/h2-10H,1H3,(H2,20,21,23). The van der Waals surface area contributed by atoms with Crippen molar-refractivity contribution in [1.82, 2.24) is 5.32 Å². The van der Waals surface area contributed by atoms with Crippen LogP contribution in [0, 0.1) is 10.1 Å². The molecule has 138 valence electrons. The predicted molar refractivity (Wildman–Crippen MR) is 86.8 cm³/mol. The molecule has 2 amide bonds. The molecule has 0 spiro atoms. The van der Waals surface area contributed by atoms with Crippen molar-refractivity contribution in [1.29, 1.82) is 0 Å². The maximum absolute atomic E-state index is 12.1. The first-order chi connectivity index (χ1) is 12.1. The normalized spacial score (nSPS) is 12.2. The summed E-state index contributed by atoms with van der Waals surface area (Å²) < 4.78 is 40.1. The summed E-state index contributed by atoms with van der Waals surface area (Å²) in [6.45, 7) is 1.65. The lowest BCUT2D eigenvalue weighted by molar-refractivity contribution is -0.384. The number of alkyl halides is 3. The van der Waals surface area contributed by atoms with Gasteiger partial charge in [-0.05, 0) is 36.8 Å². The van der Waals surface area contributed by atoms with Gasteiger partial charge in [0.25, 0.3) is 5.69 Å². The topological polar surface area (TPSA) is 93.5 Å². The number of non-ortho nitro benzene ring substituents is 1. The summed E-state index contributed by atoms with van der Waals surface area (Å²) >= 11 is 0. The number of nitro benzene ring substituents is 1. The van der Waals surface area contributed by atoms with Gasteiger partial charge in [0, 0.05) is 17.8 Å². The Labute approximate surface area is 145 Å². The molecule has 0 saturated heterocycles. The summed E-state index contributed by atoms with van der Waals surface area (Å²) in [5, 5.41) is 15.7. The molecule has 1 atom stereocenters. The van der Waals surface area contributed by atoms with Crippen LogP contribution in [-0.4, -0.2) is 17.3 Å². The molecular formula is C16H14F3N3O4. The van der Waals surface area contributed by atoms with E-state index in [4.69, 9.17) is 0 Å². The van der Waals surface area contributed by atoms with Gasteiger partial charge in [0.1, 0.15) is 5.75 Å². The van der Waals surface area contributed by atoms with Crippen LogP contribution >= 0.6 is 0 Å². The van der Waals surface area contributed by atoms with E-state index in [1.165, 1.54) is 36.4 Å². The summed E-state index contributed by atoms with van der Waals surface area (Å²) in [7, 11) is 0. The van der Waals surface area contributed by atoms with Crippen LogP contribution < -0.4 is 15.4 Å². The highest BCUT2D eigenvalue weighted by Crippen LogP contribution is 2.24. The number of benzene rings is 2. The molecular weight excluding hydrogens is 355 g/mol. The number of hydrogen-bond donors (Lipinski definition) is 2. The third-order valence-electron chi connectivity index (χ3n) is 3.30. The molecule has 0 saturated carbocycles. The van der Waals surface area contributed by atoms with E-state index in [0.29, 0.717) is 11.3 Å². The Kier molecular flexibility index (Phi) is 5.65. The SMILES string of the molecule is CC(NC(=O)Nc1ccc([N+](=O)[O-])cc1)c1ccc(OC(F)(F)F)cc1. The van der Waals surface area contributed by atoms with Crippen molar-refractivity contribution in [2.45, 2.75) is 19.3 Å². The van der Waals surface area contributed by atoms with Crippen LogP contribution in [0.2, 0.25) is 0 Å². The number of anilines is 1. The fourth-order valence-corrected chi connectivity index (χ4v) is 2.07. The highest BCUT2D eigenvalue weighted by atomic mass is 19.4. The Morgan fingerprint density at radius 2 is 1.69 bits per heavy atom. The molecule has 0 bridgehead atoms. The van der Waals surface area contributed by atoms with Crippen LogP contribution in [0.1, 0.15) is 18.5 Å². The van der Waals surface area contributed by atoms with Gasteiger partial charge in [-0.1, -0.05) is 12.1 Å². The molecule has 2 rings (SSSR count). The smallest absolute Gasteiger partial charge is 0.406 e. The number of nitro groups is 1. The van der Waals surface area contributed by atoms with E-state index in [1.807, 2.05) is 0 Å². The monoisotopic (exact) mass is 369 g/mol. The van der Waals surface area contributed by atoms with Gasteiger partial charge in [0.05, 0.1) is 11.0 Å². The number of nitrogens with zero attached hydrogens (tertiary/aromatic N) is 1. The first kappa shape index (κ1) is 19.0. The van der Waals surface area contributed by atoms with E-state index < -0.39 is 23.4 Å². The highest BCUT2D eigenvalue weighted by molar-refractivity contribution is 5.89. The lowest BCUT2D eigenvalue weighted by Crippen LogP contribution is -2.31. The Morgan fingerprint density at radius 3 is 2.19 bits per heavy atom. The zero-order valence-corrected chi connectivity index (χ0v) is 13.4. The zero-order valence-electron chi connectivity index (χ0n) is 13.4. The molecule has 1 unspecified atom stereocenters. The van der Waals surface area contributed by atoms with Gasteiger partial charge in [-0.15, -0.1) is 13.2 Å². The zero-order chi connectivity index (χ0) is 19.3. The van der Waals surface area contributed by atoms with E-state index in [9.17, 15) is 28.1 Å². The molecule has 10 heteroatoms.